The molecule has 0 radical (unpaired) electrons. The largest absolute Gasteiger partial charge is 0.356 e. The molecule has 25 heavy (non-hydrogen) atoms. The molecular weight excluding hydrogens is 308 g/mol. The van der Waals surface area contributed by atoms with Crippen molar-refractivity contribution in [3.05, 3.63) is 0 Å². The zero-order valence-electron chi connectivity index (χ0n) is 17.3. The van der Waals surface area contributed by atoms with Gasteiger partial charge in [-0.05, 0) is 55.3 Å². The molecule has 2 rings (SSSR count). The SMILES string of the molecule is CCC1CC(C)(CC)CC(C)(CCNC(=O)C2(CN)CCCCC2)C1. The molecule has 3 N–H and O–H groups in total. The standard InChI is InChI=1S/C22H42N2O/c1-5-18-14-20(3,6-2)16-21(4,15-18)12-13-24-19(25)22(17-23)10-8-7-9-11-22/h18H,5-17,23H2,1-4H3,(H,24,25). The number of carbonyl (C=O) groups excluding carboxylic acids is 1. The van der Waals surface area contributed by atoms with Crippen LogP contribution in [-0.2, 0) is 4.79 Å². The molecular formula is C22H42N2O. The quantitative estimate of drug-likeness (QED) is 0.676. The summed E-state index contributed by atoms with van der Waals surface area (Å²) in [4.78, 5) is 12.8. The first kappa shape index (κ1) is 20.7. The van der Waals surface area contributed by atoms with E-state index in [1.807, 2.05) is 0 Å². The van der Waals surface area contributed by atoms with Gasteiger partial charge in [0.2, 0.25) is 5.91 Å². The minimum atomic E-state index is -0.282. The summed E-state index contributed by atoms with van der Waals surface area (Å²) in [6.07, 6.45) is 13.1. The van der Waals surface area contributed by atoms with Gasteiger partial charge in [0.15, 0.2) is 0 Å². The number of hydrogen-bond donors (Lipinski definition) is 2. The molecule has 0 aromatic heterocycles. The van der Waals surface area contributed by atoms with Crippen LogP contribution in [0.15, 0.2) is 0 Å². The van der Waals surface area contributed by atoms with Gasteiger partial charge in [-0.1, -0.05) is 59.8 Å². The molecule has 146 valence electrons. The van der Waals surface area contributed by atoms with E-state index in [-0.39, 0.29) is 11.3 Å². The third-order valence-corrected chi connectivity index (χ3v) is 7.54. The fraction of sp³-hybridized carbons (Fsp3) is 0.955. The van der Waals surface area contributed by atoms with Crippen LogP contribution in [0.2, 0.25) is 0 Å². The van der Waals surface area contributed by atoms with Crippen LogP contribution in [0, 0.1) is 22.2 Å². The maximum Gasteiger partial charge on any atom is 0.227 e. The molecule has 0 saturated heterocycles. The maximum absolute atomic E-state index is 12.8. The number of amides is 1. The Balaban J connectivity index is 1.91. The van der Waals surface area contributed by atoms with Crippen molar-refractivity contribution in [3.8, 4) is 0 Å². The van der Waals surface area contributed by atoms with Crippen LogP contribution in [0.1, 0.15) is 98.3 Å². The second kappa shape index (κ2) is 8.41. The molecule has 3 heteroatoms. The summed E-state index contributed by atoms with van der Waals surface area (Å²) in [6.45, 7) is 10.9. The number of nitrogens with two attached hydrogens (primary N) is 1. The van der Waals surface area contributed by atoms with Crippen molar-refractivity contribution in [2.45, 2.75) is 98.3 Å². The molecule has 3 atom stereocenters. The lowest BCUT2D eigenvalue weighted by molar-refractivity contribution is -0.132. The van der Waals surface area contributed by atoms with E-state index in [0.29, 0.717) is 17.4 Å². The minimum absolute atomic E-state index is 0.222. The second-order valence-electron chi connectivity index (χ2n) is 9.89. The lowest BCUT2D eigenvalue weighted by Gasteiger charge is -2.48. The first-order valence-corrected chi connectivity index (χ1v) is 10.8. The molecule has 2 fully saturated rings. The third kappa shape index (κ3) is 4.99. The van der Waals surface area contributed by atoms with Crippen LogP contribution in [0.3, 0.4) is 0 Å². The highest BCUT2D eigenvalue weighted by molar-refractivity contribution is 5.83. The summed E-state index contributed by atoms with van der Waals surface area (Å²) in [6, 6.07) is 0. The van der Waals surface area contributed by atoms with Gasteiger partial charge in [-0.15, -0.1) is 0 Å². The average molecular weight is 351 g/mol. The molecule has 1 amide bonds. The Kier molecular flexibility index (Phi) is 6.98. The highest BCUT2D eigenvalue weighted by Crippen LogP contribution is 2.52. The molecule has 0 aliphatic heterocycles. The summed E-state index contributed by atoms with van der Waals surface area (Å²) in [7, 11) is 0. The van der Waals surface area contributed by atoms with Crippen molar-refractivity contribution in [1.82, 2.24) is 5.32 Å². The Bertz CT molecular complexity index is 443. The molecule has 0 aromatic carbocycles. The molecule has 0 aromatic rings. The average Bonchev–Trinajstić information content (AvgIpc) is 2.61. The fourth-order valence-corrected chi connectivity index (χ4v) is 5.81. The van der Waals surface area contributed by atoms with Gasteiger partial charge in [-0.3, -0.25) is 4.79 Å². The Hall–Kier alpha value is -0.570. The van der Waals surface area contributed by atoms with Crippen LogP contribution in [0.4, 0.5) is 0 Å². The zero-order chi connectivity index (χ0) is 18.6. The normalized spacial score (nSPS) is 35.3. The van der Waals surface area contributed by atoms with Gasteiger partial charge < -0.3 is 11.1 Å². The minimum Gasteiger partial charge on any atom is -0.356 e. The fourth-order valence-electron chi connectivity index (χ4n) is 5.81. The lowest BCUT2D eigenvalue weighted by Crippen LogP contribution is -2.48. The maximum atomic E-state index is 12.8. The Labute approximate surface area is 155 Å². The van der Waals surface area contributed by atoms with Crippen molar-refractivity contribution in [3.63, 3.8) is 0 Å². The molecule has 0 spiro atoms. The van der Waals surface area contributed by atoms with Gasteiger partial charge >= 0.3 is 0 Å². The van der Waals surface area contributed by atoms with Crippen LogP contribution < -0.4 is 11.1 Å². The van der Waals surface area contributed by atoms with Gasteiger partial charge in [-0.25, -0.2) is 0 Å². The van der Waals surface area contributed by atoms with Gasteiger partial charge in [0, 0.05) is 13.1 Å². The first-order valence-electron chi connectivity index (χ1n) is 10.8. The van der Waals surface area contributed by atoms with E-state index in [2.05, 4.69) is 33.0 Å². The number of nitrogens with one attached hydrogen (secondary N) is 1. The smallest absolute Gasteiger partial charge is 0.227 e. The lowest BCUT2D eigenvalue weighted by atomic mass is 9.57. The van der Waals surface area contributed by atoms with Crippen LogP contribution in [0.25, 0.3) is 0 Å². The first-order chi connectivity index (χ1) is 11.8. The number of hydrogen-bond acceptors (Lipinski definition) is 2. The van der Waals surface area contributed by atoms with Gasteiger partial charge in [0.25, 0.3) is 0 Å². The molecule has 0 heterocycles. The van der Waals surface area contributed by atoms with E-state index in [4.69, 9.17) is 5.73 Å². The molecule has 2 aliphatic carbocycles. The summed E-state index contributed by atoms with van der Waals surface area (Å²) in [5.41, 5.74) is 6.56. The molecule has 2 aliphatic rings. The second-order valence-corrected chi connectivity index (χ2v) is 9.89. The Morgan fingerprint density at radius 2 is 1.72 bits per heavy atom. The van der Waals surface area contributed by atoms with E-state index in [9.17, 15) is 4.79 Å². The summed E-state index contributed by atoms with van der Waals surface area (Å²) >= 11 is 0. The van der Waals surface area contributed by atoms with E-state index in [1.54, 1.807) is 0 Å². The van der Waals surface area contributed by atoms with Crippen molar-refractivity contribution in [2.24, 2.45) is 27.9 Å². The predicted octanol–water partition coefficient (Wildman–Crippen LogP) is 5.03. The van der Waals surface area contributed by atoms with Crippen molar-refractivity contribution in [1.29, 1.82) is 0 Å². The molecule has 3 unspecified atom stereocenters. The van der Waals surface area contributed by atoms with E-state index in [0.717, 1.165) is 44.6 Å². The topological polar surface area (TPSA) is 55.1 Å². The number of carbonyl (C=O) groups is 1. The van der Waals surface area contributed by atoms with Gasteiger partial charge in [-0.2, -0.15) is 0 Å². The van der Waals surface area contributed by atoms with E-state index >= 15 is 0 Å². The summed E-state index contributed by atoms with van der Waals surface area (Å²) < 4.78 is 0. The van der Waals surface area contributed by atoms with Crippen molar-refractivity contribution in [2.75, 3.05) is 13.1 Å². The van der Waals surface area contributed by atoms with Crippen molar-refractivity contribution >= 4 is 5.91 Å². The third-order valence-electron chi connectivity index (χ3n) is 7.54. The summed E-state index contributed by atoms with van der Waals surface area (Å²) in [5, 5.41) is 3.28. The molecule has 2 saturated carbocycles. The Morgan fingerprint density at radius 1 is 1.08 bits per heavy atom. The van der Waals surface area contributed by atoms with Crippen LogP contribution in [0.5, 0.6) is 0 Å². The van der Waals surface area contributed by atoms with Crippen LogP contribution >= 0.6 is 0 Å². The highest BCUT2D eigenvalue weighted by Gasteiger charge is 2.42. The van der Waals surface area contributed by atoms with Gasteiger partial charge in [0.05, 0.1) is 5.41 Å². The predicted molar refractivity (Wildman–Crippen MR) is 106 cm³/mol. The van der Waals surface area contributed by atoms with Crippen molar-refractivity contribution < 1.29 is 4.79 Å². The molecule has 3 nitrogen and oxygen atoms in total. The summed E-state index contributed by atoms with van der Waals surface area (Å²) in [5.74, 6) is 1.06. The van der Waals surface area contributed by atoms with Crippen LogP contribution in [-0.4, -0.2) is 19.0 Å². The van der Waals surface area contributed by atoms with Gasteiger partial charge in [0.1, 0.15) is 0 Å². The zero-order valence-corrected chi connectivity index (χ0v) is 17.3. The van der Waals surface area contributed by atoms with E-state index in [1.165, 1.54) is 38.5 Å². The monoisotopic (exact) mass is 350 g/mol. The van der Waals surface area contributed by atoms with E-state index < -0.39 is 0 Å². The molecule has 0 bridgehead atoms. The highest BCUT2D eigenvalue weighted by atomic mass is 16.2. The number of rotatable bonds is 7. The Morgan fingerprint density at radius 3 is 2.28 bits per heavy atom.